The van der Waals surface area contributed by atoms with E-state index in [0.717, 1.165) is 42.2 Å². The molecule has 4 rings (SSSR count). The second-order valence-corrected chi connectivity index (χ2v) is 7.90. The van der Waals surface area contributed by atoms with Crippen LogP contribution in [-0.2, 0) is 26.0 Å². The Hall–Kier alpha value is -3.35. The average Bonchev–Trinajstić information content (AvgIpc) is 3.00. The Morgan fingerprint density at radius 2 is 1.97 bits per heavy atom. The lowest BCUT2D eigenvalue weighted by atomic mass is 10.2. The predicted octanol–water partition coefficient (Wildman–Crippen LogP) is 4.26. The van der Waals surface area contributed by atoms with Crippen LogP contribution in [0.5, 0.6) is 5.75 Å². The molecule has 2 aromatic carbocycles. The van der Waals surface area contributed by atoms with E-state index in [9.17, 15) is 4.79 Å². The molecule has 7 nitrogen and oxygen atoms in total. The van der Waals surface area contributed by atoms with Gasteiger partial charge in [0.2, 0.25) is 0 Å². The van der Waals surface area contributed by atoms with Gasteiger partial charge in [0.25, 0.3) is 0 Å². The number of amides is 2. The summed E-state index contributed by atoms with van der Waals surface area (Å²) < 4.78 is 8.19. The topological polar surface area (TPSA) is 81.1 Å². The van der Waals surface area contributed by atoms with E-state index in [2.05, 4.69) is 25.4 Å². The lowest BCUT2D eigenvalue weighted by Gasteiger charge is -2.14. The van der Waals surface area contributed by atoms with Crippen LogP contribution < -0.4 is 15.4 Å². The van der Waals surface area contributed by atoms with Gasteiger partial charge < -0.3 is 19.9 Å². The number of urea groups is 1. The van der Waals surface area contributed by atoms with Gasteiger partial charge in [0.05, 0.1) is 5.69 Å². The number of benzene rings is 2. The standard InChI is InChI=1S/C24H29N5O2/c1-18-11-12-20(21(16-18)31-17-19-8-4-2-5-9-19)26-24(30)25-14-13-23-28-27-22-10-6-3-7-15-29(22)23/h2,4-5,8-9,11-12,16H,3,6-7,10,13-15,17H2,1H3,(H2,25,26,30). The van der Waals surface area contributed by atoms with Gasteiger partial charge in [-0.05, 0) is 43.0 Å². The van der Waals surface area contributed by atoms with Crippen LogP contribution in [0.15, 0.2) is 48.5 Å². The van der Waals surface area contributed by atoms with E-state index in [-0.39, 0.29) is 6.03 Å². The number of aromatic nitrogens is 3. The van der Waals surface area contributed by atoms with Crippen LogP contribution in [0.2, 0.25) is 0 Å². The van der Waals surface area contributed by atoms with Crippen LogP contribution in [0.3, 0.4) is 0 Å². The van der Waals surface area contributed by atoms with Crippen LogP contribution in [0.25, 0.3) is 0 Å². The Labute approximate surface area is 182 Å². The molecule has 31 heavy (non-hydrogen) atoms. The van der Waals surface area contributed by atoms with Crippen molar-refractivity contribution in [2.45, 2.75) is 52.2 Å². The summed E-state index contributed by atoms with van der Waals surface area (Å²) in [6.45, 7) is 3.91. The van der Waals surface area contributed by atoms with Gasteiger partial charge >= 0.3 is 6.03 Å². The van der Waals surface area contributed by atoms with E-state index in [1.807, 2.05) is 55.5 Å². The summed E-state index contributed by atoms with van der Waals surface area (Å²) >= 11 is 0. The Bertz CT molecular complexity index is 1020. The van der Waals surface area contributed by atoms with Gasteiger partial charge in [-0.25, -0.2) is 4.79 Å². The summed E-state index contributed by atoms with van der Waals surface area (Å²) in [7, 11) is 0. The van der Waals surface area contributed by atoms with Crippen molar-refractivity contribution in [1.82, 2.24) is 20.1 Å². The minimum absolute atomic E-state index is 0.260. The highest BCUT2D eigenvalue weighted by atomic mass is 16.5. The Morgan fingerprint density at radius 1 is 1.10 bits per heavy atom. The molecule has 0 fully saturated rings. The summed E-state index contributed by atoms with van der Waals surface area (Å²) in [5.74, 6) is 2.66. The molecule has 2 N–H and O–H groups in total. The Balaban J connectivity index is 1.32. The molecule has 0 aliphatic carbocycles. The van der Waals surface area contributed by atoms with Crippen molar-refractivity contribution in [1.29, 1.82) is 0 Å². The van der Waals surface area contributed by atoms with Crippen molar-refractivity contribution in [3.8, 4) is 5.75 Å². The maximum Gasteiger partial charge on any atom is 0.319 e. The molecular formula is C24H29N5O2. The summed E-state index contributed by atoms with van der Waals surface area (Å²) in [6.07, 6.45) is 5.20. The third-order valence-electron chi connectivity index (χ3n) is 5.44. The smallest absolute Gasteiger partial charge is 0.319 e. The molecular weight excluding hydrogens is 390 g/mol. The fourth-order valence-corrected chi connectivity index (χ4v) is 3.77. The first kappa shape index (κ1) is 20.9. The third-order valence-corrected chi connectivity index (χ3v) is 5.44. The molecule has 0 unspecified atom stereocenters. The zero-order chi connectivity index (χ0) is 21.5. The number of nitrogens with one attached hydrogen (secondary N) is 2. The number of carbonyl (C=O) groups excluding carboxylic acids is 1. The maximum absolute atomic E-state index is 12.5. The number of hydrogen-bond acceptors (Lipinski definition) is 4. The predicted molar refractivity (Wildman–Crippen MR) is 120 cm³/mol. The monoisotopic (exact) mass is 419 g/mol. The fourth-order valence-electron chi connectivity index (χ4n) is 3.77. The van der Waals surface area contributed by atoms with Crippen molar-refractivity contribution in [3.05, 3.63) is 71.3 Å². The molecule has 0 atom stereocenters. The molecule has 1 aliphatic rings. The van der Waals surface area contributed by atoms with Crippen LogP contribution in [-0.4, -0.2) is 27.3 Å². The molecule has 3 aromatic rings. The van der Waals surface area contributed by atoms with Gasteiger partial charge in [0.1, 0.15) is 24.0 Å². The summed E-state index contributed by atoms with van der Waals surface area (Å²) in [4.78, 5) is 12.5. The lowest BCUT2D eigenvalue weighted by Crippen LogP contribution is -2.31. The number of aryl methyl sites for hydroxylation is 2. The zero-order valence-electron chi connectivity index (χ0n) is 17.9. The molecule has 2 heterocycles. The number of hydrogen-bond donors (Lipinski definition) is 2. The van der Waals surface area contributed by atoms with E-state index in [1.165, 1.54) is 12.8 Å². The summed E-state index contributed by atoms with van der Waals surface area (Å²) in [5.41, 5.74) is 2.80. The first-order valence-electron chi connectivity index (χ1n) is 10.9. The average molecular weight is 420 g/mol. The number of rotatable bonds is 7. The zero-order valence-corrected chi connectivity index (χ0v) is 17.9. The van der Waals surface area contributed by atoms with Crippen LogP contribution in [0.4, 0.5) is 10.5 Å². The third kappa shape index (κ3) is 5.63. The Kier molecular flexibility index (Phi) is 6.82. The van der Waals surface area contributed by atoms with Crippen molar-refractivity contribution in [2.75, 3.05) is 11.9 Å². The number of carbonyl (C=O) groups is 1. The molecule has 0 spiro atoms. The van der Waals surface area contributed by atoms with Crippen LogP contribution in [0, 0.1) is 6.92 Å². The molecule has 0 saturated heterocycles. The maximum atomic E-state index is 12.5. The number of nitrogens with zero attached hydrogens (tertiary/aromatic N) is 3. The quantitative estimate of drug-likeness (QED) is 0.600. The normalized spacial score (nSPS) is 13.2. The first-order chi connectivity index (χ1) is 15.2. The van der Waals surface area contributed by atoms with Gasteiger partial charge in [0, 0.05) is 25.9 Å². The van der Waals surface area contributed by atoms with Crippen LogP contribution in [0.1, 0.15) is 42.0 Å². The van der Waals surface area contributed by atoms with Gasteiger partial charge in [-0.2, -0.15) is 0 Å². The van der Waals surface area contributed by atoms with E-state index in [1.54, 1.807) is 0 Å². The molecule has 1 aliphatic heterocycles. The van der Waals surface area contributed by atoms with Gasteiger partial charge in [-0.15, -0.1) is 10.2 Å². The minimum Gasteiger partial charge on any atom is -0.487 e. The lowest BCUT2D eigenvalue weighted by molar-refractivity contribution is 0.251. The SMILES string of the molecule is Cc1ccc(NC(=O)NCCc2nnc3n2CCCCC3)c(OCc2ccccc2)c1. The van der Waals surface area contributed by atoms with Crippen molar-refractivity contribution >= 4 is 11.7 Å². The number of ether oxygens (including phenoxy) is 1. The van der Waals surface area contributed by atoms with E-state index >= 15 is 0 Å². The van der Waals surface area contributed by atoms with Gasteiger partial charge in [-0.1, -0.05) is 42.8 Å². The Morgan fingerprint density at radius 3 is 2.84 bits per heavy atom. The molecule has 7 heteroatoms. The second kappa shape index (κ2) is 10.1. The highest BCUT2D eigenvalue weighted by molar-refractivity contribution is 5.90. The van der Waals surface area contributed by atoms with Gasteiger partial charge in [-0.3, -0.25) is 0 Å². The molecule has 0 saturated carbocycles. The van der Waals surface area contributed by atoms with E-state index in [0.29, 0.717) is 31.0 Å². The molecule has 162 valence electrons. The first-order valence-corrected chi connectivity index (χ1v) is 10.9. The van der Waals surface area contributed by atoms with Crippen LogP contribution >= 0.6 is 0 Å². The van der Waals surface area contributed by atoms with Crippen molar-refractivity contribution < 1.29 is 9.53 Å². The summed E-state index contributed by atoms with van der Waals surface area (Å²) in [5, 5.41) is 14.5. The molecule has 0 radical (unpaired) electrons. The minimum atomic E-state index is -0.260. The van der Waals surface area contributed by atoms with Crippen molar-refractivity contribution in [2.24, 2.45) is 0 Å². The highest BCUT2D eigenvalue weighted by Crippen LogP contribution is 2.26. The van der Waals surface area contributed by atoms with E-state index in [4.69, 9.17) is 4.74 Å². The largest absolute Gasteiger partial charge is 0.487 e. The molecule has 0 bridgehead atoms. The second-order valence-electron chi connectivity index (χ2n) is 7.90. The highest BCUT2D eigenvalue weighted by Gasteiger charge is 2.15. The summed E-state index contributed by atoms with van der Waals surface area (Å²) in [6, 6.07) is 15.5. The molecule has 2 amide bonds. The van der Waals surface area contributed by atoms with E-state index < -0.39 is 0 Å². The number of anilines is 1. The van der Waals surface area contributed by atoms with Gasteiger partial charge in [0.15, 0.2) is 0 Å². The molecule has 1 aromatic heterocycles. The fraction of sp³-hybridized carbons (Fsp3) is 0.375. The van der Waals surface area contributed by atoms with Crippen molar-refractivity contribution in [3.63, 3.8) is 0 Å². The number of fused-ring (bicyclic) bond motifs is 1.